The van der Waals surface area contributed by atoms with Gasteiger partial charge in [0.15, 0.2) is 0 Å². The van der Waals surface area contributed by atoms with Gasteiger partial charge < -0.3 is 14.8 Å². The van der Waals surface area contributed by atoms with E-state index in [2.05, 4.69) is 19.9 Å². The Kier molecular flexibility index (Phi) is 4.82. The van der Waals surface area contributed by atoms with Gasteiger partial charge >= 0.3 is 6.03 Å². The van der Waals surface area contributed by atoms with Gasteiger partial charge in [-0.3, -0.25) is 0 Å². The Labute approximate surface area is 191 Å². The number of alkyl halides is 2. The lowest BCUT2D eigenvalue weighted by Gasteiger charge is -2.59. The molecule has 2 saturated heterocycles. The molecule has 3 saturated carbocycles. The predicted octanol–water partition coefficient (Wildman–Crippen LogP) is 2.16. The number of hydrogen-bond donors (Lipinski definition) is 2. The van der Waals surface area contributed by atoms with E-state index in [0.29, 0.717) is 24.9 Å². The number of hydrogen-bond acceptors (Lipinski definition) is 5. The highest BCUT2D eigenvalue weighted by molar-refractivity contribution is 7.90. The molecule has 2 N–H and O–H groups in total. The van der Waals surface area contributed by atoms with Crippen LogP contribution in [0.2, 0.25) is 0 Å². The van der Waals surface area contributed by atoms with Crippen molar-refractivity contribution < 1.29 is 22.0 Å². The molecule has 0 unspecified atom stereocenters. The fourth-order valence-electron chi connectivity index (χ4n) is 5.91. The van der Waals surface area contributed by atoms with Gasteiger partial charge in [-0.1, -0.05) is 0 Å². The van der Waals surface area contributed by atoms with Crippen molar-refractivity contribution in [3.05, 3.63) is 11.6 Å². The lowest BCUT2D eigenvalue weighted by molar-refractivity contribution is -0.0603. The molecule has 0 radical (unpaired) electrons. The van der Waals surface area contributed by atoms with Crippen LogP contribution in [0.3, 0.4) is 0 Å². The predicted molar refractivity (Wildman–Crippen MR) is 114 cm³/mol. The van der Waals surface area contributed by atoms with Gasteiger partial charge in [-0.05, 0) is 38.5 Å². The summed E-state index contributed by atoms with van der Waals surface area (Å²) >= 11 is 0. The summed E-state index contributed by atoms with van der Waals surface area (Å²) in [5.41, 5.74) is 0.182. The third kappa shape index (κ3) is 4.02. The van der Waals surface area contributed by atoms with Crippen LogP contribution in [0.1, 0.15) is 74.9 Å². The van der Waals surface area contributed by atoms with Crippen molar-refractivity contribution in [3.8, 4) is 0 Å². The molecule has 0 atom stereocenters. The molecule has 5 aliphatic rings. The first kappa shape index (κ1) is 21.7. The standard InChI is InChI=1S/C21H30F2N6O3S/c22-21(23)5-3-16(4-6-21)33(31,32)27-15-9-28(10-15)19(30)29-11-20(12-29)7-14(8-20)18-24-17(25-26-18)13-1-2-13/h13-16,27H,1-12H2,(H,24,25,26). The van der Waals surface area contributed by atoms with E-state index in [9.17, 15) is 22.0 Å². The molecule has 33 heavy (non-hydrogen) atoms. The number of urea groups is 1. The van der Waals surface area contributed by atoms with Crippen LogP contribution in [-0.2, 0) is 10.0 Å². The highest BCUT2D eigenvalue weighted by Gasteiger charge is 2.56. The zero-order valence-corrected chi connectivity index (χ0v) is 19.3. The van der Waals surface area contributed by atoms with Crippen LogP contribution in [0.15, 0.2) is 0 Å². The molecular formula is C21H30F2N6O3S. The number of H-pyrrole nitrogens is 1. The van der Waals surface area contributed by atoms with Crippen LogP contribution < -0.4 is 4.72 Å². The number of sulfonamides is 1. The zero-order valence-electron chi connectivity index (χ0n) is 18.5. The largest absolute Gasteiger partial charge is 0.328 e. The average Bonchev–Trinajstić information content (AvgIpc) is 3.40. The molecule has 1 spiro atoms. The van der Waals surface area contributed by atoms with Crippen molar-refractivity contribution in [2.75, 3.05) is 26.2 Å². The highest BCUT2D eigenvalue weighted by Crippen LogP contribution is 2.55. The summed E-state index contributed by atoms with van der Waals surface area (Å²) in [7, 11) is -3.65. The molecule has 6 rings (SSSR count). The fourth-order valence-corrected chi connectivity index (χ4v) is 7.57. The summed E-state index contributed by atoms with van der Waals surface area (Å²) < 4.78 is 54.3. The average molecular weight is 485 g/mol. The van der Waals surface area contributed by atoms with E-state index >= 15 is 0 Å². The topological polar surface area (TPSA) is 111 Å². The van der Waals surface area contributed by atoms with E-state index in [1.54, 1.807) is 4.90 Å². The van der Waals surface area contributed by atoms with Crippen molar-refractivity contribution in [1.29, 1.82) is 0 Å². The second-order valence-electron chi connectivity index (χ2n) is 10.9. The minimum atomic E-state index is -3.65. The Morgan fingerprint density at radius 2 is 1.58 bits per heavy atom. The molecule has 0 bridgehead atoms. The molecule has 5 fully saturated rings. The van der Waals surface area contributed by atoms with Crippen molar-refractivity contribution in [2.45, 2.75) is 80.4 Å². The molecule has 0 aromatic carbocycles. The third-order valence-corrected chi connectivity index (χ3v) is 10.2. The minimum absolute atomic E-state index is 0.0233. The number of nitrogens with one attached hydrogen (secondary N) is 2. The van der Waals surface area contributed by atoms with Crippen LogP contribution >= 0.6 is 0 Å². The molecule has 9 nitrogen and oxygen atoms in total. The minimum Gasteiger partial charge on any atom is -0.328 e. The van der Waals surface area contributed by atoms with Gasteiger partial charge in [-0.15, -0.1) is 10.2 Å². The number of carbonyl (C=O) groups is 1. The molecule has 3 heterocycles. The van der Waals surface area contributed by atoms with Crippen molar-refractivity contribution in [1.82, 2.24) is 29.7 Å². The molecule has 1 aromatic heterocycles. The maximum Gasteiger partial charge on any atom is 0.320 e. The number of aromatic amines is 1. The molecule has 182 valence electrons. The summed E-state index contributed by atoms with van der Waals surface area (Å²) in [5, 5.41) is 7.82. The summed E-state index contributed by atoms with van der Waals surface area (Å²) in [6.45, 7) is 2.12. The van der Waals surface area contributed by atoms with Crippen LogP contribution in [0.5, 0.6) is 0 Å². The van der Waals surface area contributed by atoms with E-state index in [-0.39, 0.29) is 43.2 Å². The van der Waals surface area contributed by atoms with E-state index < -0.39 is 21.2 Å². The van der Waals surface area contributed by atoms with E-state index in [1.807, 2.05) is 4.90 Å². The van der Waals surface area contributed by atoms with Crippen molar-refractivity contribution in [2.24, 2.45) is 5.41 Å². The Morgan fingerprint density at radius 1 is 0.970 bits per heavy atom. The van der Waals surface area contributed by atoms with Gasteiger partial charge in [-0.25, -0.2) is 26.7 Å². The first-order chi connectivity index (χ1) is 15.6. The summed E-state index contributed by atoms with van der Waals surface area (Å²) in [5.74, 6) is 0.196. The number of amides is 2. The second-order valence-corrected chi connectivity index (χ2v) is 12.9. The lowest BCUT2D eigenvalue weighted by atomic mass is 9.57. The van der Waals surface area contributed by atoms with E-state index in [0.717, 1.165) is 37.6 Å². The maximum absolute atomic E-state index is 13.3. The monoisotopic (exact) mass is 484 g/mol. The Hall–Kier alpha value is -1.82. The molecule has 2 amide bonds. The van der Waals surface area contributed by atoms with Crippen LogP contribution in [-0.4, -0.2) is 82.8 Å². The van der Waals surface area contributed by atoms with Gasteiger partial charge in [0.25, 0.3) is 0 Å². The summed E-state index contributed by atoms with van der Waals surface area (Å²) in [4.78, 5) is 19.6. The first-order valence-corrected chi connectivity index (χ1v) is 13.5. The van der Waals surface area contributed by atoms with Crippen molar-refractivity contribution in [3.63, 3.8) is 0 Å². The van der Waals surface area contributed by atoms with Crippen LogP contribution in [0, 0.1) is 5.41 Å². The number of rotatable bonds is 5. The van der Waals surface area contributed by atoms with E-state index in [1.165, 1.54) is 12.8 Å². The zero-order chi connectivity index (χ0) is 23.0. The quantitative estimate of drug-likeness (QED) is 0.665. The summed E-state index contributed by atoms with van der Waals surface area (Å²) in [6, 6.07) is -0.385. The Balaban J connectivity index is 0.930. The molecular weight excluding hydrogens is 454 g/mol. The molecule has 3 aliphatic carbocycles. The highest BCUT2D eigenvalue weighted by atomic mass is 32.2. The van der Waals surface area contributed by atoms with Crippen LogP contribution in [0.25, 0.3) is 0 Å². The van der Waals surface area contributed by atoms with Crippen LogP contribution in [0.4, 0.5) is 13.6 Å². The van der Waals surface area contributed by atoms with Gasteiger partial charge in [-0.2, -0.15) is 0 Å². The normalized spacial score (nSPS) is 27.8. The summed E-state index contributed by atoms with van der Waals surface area (Å²) in [6.07, 6.45) is 3.59. The number of halogens is 2. The molecule has 1 aromatic rings. The lowest BCUT2D eigenvalue weighted by Crippen LogP contribution is -2.70. The van der Waals surface area contributed by atoms with Gasteiger partial charge in [0.2, 0.25) is 15.9 Å². The van der Waals surface area contributed by atoms with Gasteiger partial charge in [0.1, 0.15) is 11.6 Å². The Morgan fingerprint density at radius 3 is 2.18 bits per heavy atom. The molecule has 12 heteroatoms. The number of likely N-dealkylation sites (tertiary alicyclic amines) is 2. The molecule has 2 aliphatic heterocycles. The van der Waals surface area contributed by atoms with Crippen molar-refractivity contribution >= 4 is 16.1 Å². The maximum atomic E-state index is 13.3. The fraction of sp³-hybridized carbons (Fsp3) is 0.857. The SMILES string of the molecule is O=C(N1CC(NS(=O)(=O)C2CCC(F)(F)CC2)C1)N1CC2(CC(c3nnc(C4CC4)[nH]3)C2)C1. The number of aromatic nitrogens is 3. The number of nitrogens with zero attached hydrogens (tertiary/aromatic N) is 4. The third-order valence-electron chi connectivity index (χ3n) is 8.14. The first-order valence-electron chi connectivity index (χ1n) is 12.0. The van der Waals surface area contributed by atoms with E-state index in [4.69, 9.17) is 0 Å². The number of carbonyl (C=O) groups excluding carboxylic acids is 1. The second kappa shape index (κ2) is 7.34. The Bertz CT molecular complexity index is 1030. The van der Waals surface area contributed by atoms with Gasteiger partial charge in [0, 0.05) is 56.3 Å². The van der Waals surface area contributed by atoms with Gasteiger partial charge in [0.05, 0.1) is 11.3 Å². The smallest absolute Gasteiger partial charge is 0.320 e.